The van der Waals surface area contributed by atoms with E-state index >= 15 is 8.78 Å². The molecule has 0 amide bonds. The first-order valence-electron chi connectivity index (χ1n) is 12.3. The van der Waals surface area contributed by atoms with Crippen LogP contribution in [-0.2, 0) is 6.42 Å². The molecule has 2 aromatic rings. The average molecular weight is 479 g/mol. The Labute approximate surface area is 198 Å². The molecule has 0 bridgehead atoms. The Morgan fingerprint density at radius 1 is 0.912 bits per heavy atom. The molecule has 4 rings (SSSR count). The lowest BCUT2D eigenvalue weighted by atomic mass is 9.76. The molecule has 1 nitrogen and oxygen atoms in total. The second-order valence-corrected chi connectivity index (χ2v) is 9.65. The van der Waals surface area contributed by atoms with E-state index in [1.165, 1.54) is 56.0 Å². The van der Waals surface area contributed by atoms with Crippen LogP contribution in [0.5, 0.6) is 5.75 Å². The fourth-order valence-electron chi connectivity index (χ4n) is 5.47. The number of hydrogen-bond donors (Lipinski definition) is 0. The quantitative estimate of drug-likeness (QED) is 0.285. The van der Waals surface area contributed by atoms with E-state index < -0.39 is 18.0 Å². The number of fused-ring (bicyclic) bond motifs is 1. The molecule has 0 radical (unpaired) electrons. The van der Waals surface area contributed by atoms with E-state index in [2.05, 4.69) is 11.7 Å². The van der Waals surface area contributed by atoms with E-state index in [9.17, 15) is 13.2 Å². The summed E-state index contributed by atoms with van der Waals surface area (Å²) in [7, 11) is 0. The molecular weight excluding hydrogens is 447 g/mol. The Bertz CT molecular complexity index is 1010. The molecular formula is C28H31F5O. The molecule has 0 spiro atoms. The lowest BCUT2D eigenvalue weighted by molar-refractivity contribution is -0.274. The molecule has 0 saturated heterocycles. The van der Waals surface area contributed by atoms with Crippen molar-refractivity contribution in [3.05, 3.63) is 64.2 Å². The number of allylic oxidation sites excluding steroid dienone is 1. The average Bonchev–Trinajstić information content (AvgIpc) is 2.78. The first kappa shape index (κ1) is 24.7. The van der Waals surface area contributed by atoms with Gasteiger partial charge in [0.15, 0.2) is 0 Å². The number of alkyl halides is 3. The van der Waals surface area contributed by atoms with Gasteiger partial charge in [-0.2, -0.15) is 0 Å². The van der Waals surface area contributed by atoms with Crippen molar-refractivity contribution in [3.8, 4) is 5.75 Å². The predicted octanol–water partition coefficient (Wildman–Crippen LogP) is 9.20. The van der Waals surface area contributed by atoms with Crippen molar-refractivity contribution >= 4 is 11.6 Å². The van der Waals surface area contributed by atoms with Crippen molar-refractivity contribution in [2.24, 2.45) is 5.92 Å². The molecule has 0 N–H and O–H groups in total. The number of rotatable bonds is 7. The van der Waals surface area contributed by atoms with Gasteiger partial charge in [0.05, 0.1) is 0 Å². The Balaban J connectivity index is 1.48. The van der Waals surface area contributed by atoms with E-state index in [1.807, 2.05) is 0 Å². The lowest BCUT2D eigenvalue weighted by Crippen LogP contribution is -2.17. The van der Waals surface area contributed by atoms with E-state index in [-0.39, 0.29) is 17.2 Å². The molecule has 0 heterocycles. The molecule has 184 valence electrons. The van der Waals surface area contributed by atoms with Gasteiger partial charge < -0.3 is 4.74 Å². The number of aryl methyl sites for hydroxylation is 1. The fraction of sp³-hybridized carbons (Fsp3) is 0.500. The monoisotopic (exact) mass is 478 g/mol. The topological polar surface area (TPSA) is 9.23 Å². The van der Waals surface area contributed by atoms with Crippen LogP contribution in [-0.4, -0.2) is 6.36 Å². The fourth-order valence-corrected chi connectivity index (χ4v) is 5.47. The normalized spacial score (nSPS) is 20.6. The van der Waals surface area contributed by atoms with Gasteiger partial charge in [-0.3, -0.25) is 0 Å². The molecule has 1 saturated carbocycles. The van der Waals surface area contributed by atoms with Crippen LogP contribution in [0.15, 0.2) is 30.3 Å². The third-order valence-corrected chi connectivity index (χ3v) is 7.26. The number of ether oxygens (including phenoxy) is 1. The highest BCUT2D eigenvalue weighted by molar-refractivity contribution is 5.85. The molecule has 2 aliphatic carbocycles. The summed E-state index contributed by atoms with van der Waals surface area (Å²) in [6.45, 7) is 2.20. The molecule has 0 aliphatic heterocycles. The maximum absolute atomic E-state index is 15.1. The number of unbranched alkanes of at least 4 members (excludes halogenated alkanes) is 2. The van der Waals surface area contributed by atoms with Crippen LogP contribution < -0.4 is 4.74 Å². The van der Waals surface area contributed by atoms with Crippen molar-refractivity contribution in [1.29, 1.82) is 0 Å². The third kappa shape index (κ3) is 6.00. The van der Waals surface area contributed by atoms with Crippen LogP contribution in [0, 0.1) is 17.6 Å². The maximum atomic E-state index is 15.1. The molecule has 0 atom stereocenters. The van der Waals surface area contributed by atoms with Gasteiger partial charge in [-0.05, 0) is 96.9 Å². The largest absolute Gasteiger partial charge is 0.573 e. The molecule has 6 heteroatoms. The Kier molecular flexibility index (Phi) is 7.63. The first-order valence-corrected chi connectivity index (χ1v) is 12.3. The molecule has 0 aromatic heterocycles. The summed E-state index contributed by atoms with van der Waals surface area (Å²) in [5, 5.41) is 0. The highest BCUT2D eigenvalue weighted by atomic mass is 19.4. The Hall–Kier alpha value is -2.37. The third-order valence-electron chi connectivity index (χ3n) is 7.26. The van der Waals surface area contributed by atoms with E-state index in [1.54, 1.807) is 6.08 Å². The predicted molar refractivity (Wildman–Crippen MR) is 125 cm³/mol. The van der Waals surface area contributed by atoms with E-state index in [0.717, 1.165) is 37.2 Å². The van der Waals surface area contributed by atoms with E-state index in [4.69, 9.17) is 0 Å². The van der Waals surface area contributed by atoms with Crippen LogP contribution in [0.2, 0.25) is 0 Å². The lowest BCUT2D eigenvalue weighted by Gasteiger charge is -2.29. The van der Waals surface area contributed by atoms with Crippen molar-refractivity contribution < 1.29 is 26.7 Å². The summed E-state index contributed by atoms with van der Waals surface area (Å²) in [6, 6.07) is 7.03. The zero-order valence-electron chi connectivity index (χ0n) is 19.5. The van der Waals surface area contributed by atoms with Crippen molar-refractivity contribution in [2.45, 2.75) is 83.4 Å². The van der Waals surface area contributed by atoms with Crippen LogP contribution in [0.1, 0.15) is 92.9 Å². The molecule has 0 unspecified atom stereocenters. The second-order valence-electron chi connectivity index (χ2n) is 9.65. The maximum Gasteiger partial charge on any atom is 0.573 e. The second kappa shape index (κ2) is 10.5. The van der Waals surface area contributed by atoms with E-state index in [0.29, 0.717) is 29.5 Å². The standard InChI is InChI=1S/C28H31F5O/c1-2-3-4-5-18-6-8-19(9-7-18)23-16-25(29)27(26(30)17-23)22-11-10-21-15-24(34-28(31,32)33)13-12-20(21)14-22/h12-19H,2-11H2,1H3. The minimum absolute atomic E-state index is 0.0294. The SMILES string of the molecule is CCCCCC1CCC(c2cc(F)c(C3=Cc4ccc(OC(F)(F)F)cc4CC3)c(F)c2)CC1. The minimum Gasteiger partial charge on any atom is -0.406 e. The van der Waals surface area contributed by atoms with Gasteiger partial charge in [-0.1, -0.05) is 44.7 Å². The summed E-state index contributed by atoms with van der Waals surface area (Å²) in [6.07, 6.45) is 6.79. The number of halogens is 5. The van der Waals surface area contributed by atoms with Gasteiger partial charge in [0.2, 0.25) is 0 Å². The molecule has 34 heavy (non-hydrogen) atoms. The van der Waals surface area contributed by atoms with Crippen LogP contribution in [0.25, 0.3) is 11.6 Å². The highest BCUT2D eigenvalue weighted by Crippen LogP contribution is 2.40. The zero-order valence-corrected chi connectivity index (χ0v) is 19.5. The van der Waals surface area contributed by atoms with Crippen molar-refractivity contribution in [3.63, 3.8) is 0 Å². The van der Waals surface area contributed by atoms with Gasteiger partial charge in [0.25, 0.3) is 0 Å². The Morgan fingerprint density at radius 2 is 1.62 bits per heavy atom. The summed E-state index contributed by atoms with van der Waals surface area (Å²) in [5.41, 5.74) is 2.55. The van der Waals surface area contributed by atoms with Gasteiger partial charge in [0.1, 0.15) is 17.4 Å². The number of benzene rings is 2. The van der Waals surface area contributed by atoms with Gasteiger partial charge in [-0.25, -0.2) is 8.78 Å². The molecule has 2 aromatic carbocycles. The summed E-state index contributed by atoms with van der Waals surface area (Å²) < 4.78 is 71.7. The van der Waals surface area contributed by atoms with Gasteiger partial charge in [-0.15, -0.1) is 13.2 Å². The van der Waals surface area contributed by atoms with Crippen LogP contribution in [0.4, 0.5) is 22.0 Å². The van der Waals surface area contributed by atoms with Gasteiger partial charge in [0, 0.05) is 5.56 Å². The summed E-state index contributed by atoms with van der Waals surface area (Å²) >= 11 is 0. The van der Waals surface area contributed by atoms with Crippen molar-refractivity contribution in [1.82, 2.24) is 0 Å². The number of hydrogen-bond acceptors (Lipinski definition) is 1. The zero-order chi connectivity index (χ0) is 24.3. The van der Waals surface area contributed by atoms with Gasteiger partial charge >= 0.3 is 6.36 Å². The van der Waals surface area contributed by atoms with Crippen LogP contribution >= 0.6 is 0 Å². The highest BCUT2D eigenvalue weighted by Gasteiger charge is 2.31. The first-order chi connectivity index (χ1) is 16.2. The molecule has 2 aliphatic rings. The minimum atomic E-state index is -4.76. The van der Waals surface area contributed by atoms with Crippen LogP contribution in [0.3, 0.4) is 0 Å². The van der Waals surface area contributed by atoms with Crippen molar-refractivity contribution in [2.75, 3.05) is 0 Å². The summed E-state index contributed by atoms with van der Waals surface area (Å²) in [4.78, 5) is 0. The summed E-state index contributed by atoms with van der Waals surface area (Å²) in [5.74, 6) is -0.497. The Morgan fingerprint density at radius 3 is 2.26 bits per heavy atom. The molecule has 1 fully saturated rings. The smallest absolute Gasteiger partial charge is 0.406 e.